The van der Waals surface area contributed by atoms with Crippen molar-refractivity contribution >= 4 is 40.5 Å². The number of nitrogens with zero attached hydrogens (tertiary/aromatic N) is 2. The molecule has 0 heterocycles. The molecule has 1 aliphatic carbocycles. The van der Waals surface area contributed by atoms with Crippen LogP contribution in [0.3, 0.4) is 0 Å². The molecule has 0 radical (unpaired) electrons. The fraction of sp³-hybridized carbons (Fsp3) is 0.429. The van der Waals surface area contributed by atoms with Crippen molar-refractivity contribution in [2.45, 2.75) is 25.3 Å². The van der Waals surface area contributed by atoms with Crippen molar-refractivity contribution in [2.75, 3.05) is 24.1 Å². The number of halogens is 2. The second kappa shape index (κ2) is 6.99. The fourth-order valence-electron chi connectivity index (χ4n) is 2.10. The summed E-state index contributed by atoms with van der Waals surface area (Å²) in [6.07, 6.45) is 2.55. The molecule has 2 rings (SSSR count). The van der Waals surface area contributed by atoms with Crippen molar-refractivity contribution in [2.24, 2.45) is 0 Å². The molecule has 0 unspecified atom stereocenters. The van der Waals surface area contributed by atoms with Gasteiger partial charge in [0.25, 0.3) is 0 Å². The molecule has 21 heavy (non-hydrogen) atoms. The lowest BCUT2D eigenvalue weighted by atomic mass is 10.2. The van der Waals surface area contributed by atoms with Crippen LogP contribution in [0.1, 0.15) is 19.3 Å². The number of rotatable bonds is 6. The molecular formula is C14H16Cl2N4O. The lowest BCUT2D eigenvalue weighted by molar-refractivity contribution is -0.117. The molecule has 0 bridgehead atoms. The number of anilines is 2. The van der Waals surface area contributed by atoms with E-state index < -0.39 is 0 Å². The first-order valence-corrected chi connectivity index (χ1v) is 7.42. The normalized spacial score (nSPS) is 14.0. The Hall–Kier alpha value is -1.48. The Kier molecular flexibility index (Phi) is 5.29. The Morgan fingerprint density at radius 3 is 2.57 bits per heavy atom. The van der Waals surface area contributed by atoms with Crippen molar-refractivity contribution < 1.29 is 4.79 Å². The topological polar surface area (TPSA) is 82.2 Å². The van der Waals surface area contributed by atoms with Crippen LogP contribution in [0.15, 0.2) is 12.1 Å². The molecule has 5 nitrogen and oxygen atoms in total. The maximum Gasteiger partial charge on any atom is 0.238 e. The van der Waals surface area contributed by atoms with E-state index in [1.165, 1.54) is 12.1 Å². The summed E-state index contributed by atoms with van der Waals surface area (Å²) in [6, 6.07) is 5.58. The number of benzene rings is 1. The van der Waals surface area contributed by atoms with Crippen LogP contribution in [0.4, 0.5) is 11.4 Å². The van der Waals surface area contributed by atoms with E-state index in [1.807, 2.05) is 4.90 Å². The predicted octanol–water partition coefficient (Wildman–Crippen LogP) is 2.89. The Balaban J connectivity index is 1.99. The summed E-state index contributed by atoms with van der Waals surface area (Å²) in [5.41, 5.74) is 6.43. The number of nitrogens with two attached hydrogens (primary N) is 1. The number of hydrogen-bond donors (Lipinski definition) is 2. The van der Waals surface area contributed by atoms with E-state index in [2.05, 4.69) is 11.4 Å². The Morgan fingerprint density at radius 1 is 1.43 bits per heavy atom. The highest BCUT2D eigenvalue weighted by Gasteiger charge is 2.30. The molecule has 3 N–H and O–H groups in total. The van der Waals surface area contributed by atoms with Gasteiger partial charge in [0.15, 0.2) is 0 Å². The number of nitrogens with one attached hydrogen (secondary N) is 1. The van der Waals surface area contributed by atoms with Gasteiger partial charge in [0.05, 0.1) is 28.3 Å². The minimum absolute atomic E-state index is 0.201. The molecule has 1 aromatic carbocycles. The summed E-state index contributed by atoms with van der Waals surface area (Å²) in [7, 11) is 0. The third-order valence-electron chi connectivity index (χ3n) is 3.25. The van der Waals surface area contributed by atoms with Crippen LogP contribution in [0.2, 0.25) is 10.0 Å². The molecule has 0 atom stereocenters. The number of carbonyl (C=O) groups is 1. The first-order chi connectivity index (χ1) is 10.0. The molecule has 0 aromatic heterocycles. The zero-order valence-corrected chi connectivity index (χ0v) is 12.9. The number of carbonyl (C=O) groups excluding carboxylic acids is 1. The van der Waals surface area contributed by atoms with Gasteiger partial charge in [0.2, 0.25) is 5.91 Å². The zero-order valence-electron chi connectivity index (χ0n) is 11.4. The van der Waals surface area contributed by atoms with Crippen LogP contribution in [-0.4, -0.2) is 29.9 Å². The average Bonchev–Trinajstić information content (AvgIpc) is 3.23. The van der Waals surface area contributed by atoms with Crippen LogP contribution >= 0.6 is 23.2 Å². The standard InChI is InChI=1S/C14H16Cl2N4O/c15-11-6-9(18)7-12(16)14(11)19-13(21)8-20(5-1-4-17)10-2-3-10/h6-7,10H,1-3,5,8,18H2,(H,19,21). The minimum atomic E-state index is -0.201. The van der Waals surface area contributed by atoms with Gasteiger partial charge in [0.1, 0.15) is 0 Å². The molecule has 1 amide bonds. The second-order valence-corrected chi connectivity index (χ2v) is 5.83. The van der Waals surface area contributed by atoms with Gasteiger partial charge in [-0.3, -0.25) is 9.69 Å². The van der Waals surface area contributed by atoms with E-state index in [4.69, 9.17) is 34.2 Å². The van der Waals surface area contributed by atoms with Crippen LogP contribution in [-0.2, 0) is 4.79 Å². The first kappa shape index (κ1) is 15.9. The van der Waals surface area contributed by atoms with Crippen molar-refractivity contribution in [3.8, 4) is 6.07 Å². The van der Waals surface area contributed by atoms with E-state index in [0.29, 0.717) is 40.4 Å². The molecule has 1 aliphatic rings. The van der Waals surface area contributed by atoms with Crippen LogP contribution < -0.4 is 11.1 Å². The fourth-order valence-corrected chi connectivity index (χ4v) is 2.70. The van der Waals surface area contributed by atoms with E-state index in [9.17, 15) is 4.79 Å². The maximum atomic E-state index is 12.1. The predicted molar refractivity (Wildman–Crippen MR) is 84.3 cm³/mol. The summed E-state index contributed by atoms with van der Waals surface area (Å²) in [6.45, 7) is 0.821. The highest BCUT2D eigenvalue weighted by atomic mass is 35.5. The number of amides is 1. The summed E-state index contributed by atoms with van der Waals surface area (Å²) in [5, 5.41) is 12.0. The van der Waals surface area contributed by atoms with Gasteiger partial charge in [-0.25, -0.2) is 0 Å². The molecule has 0 aliphatic heterocycles. The van der Waals surface area contributed by atoms with Gasteiger partial charge in [-0.05, 0) is 25.0 Å². The number of hydrogen-bond acceptors (Lipinski definition) is 4. The lowest BCUT2D eigenvalue weighted by Crippen LogP contribution is -2.35. The minimum Gasteiger partial charge on any atom is -0.399 e. The number of nitrogen functional groups attached to an aromatic ring is 1. The third-order valence-corrected chi connectivity index (χ3v) is 3.85. The molecule has 1 fully saturated rings. The Morgan fingerprint density at radius 2 is 2.05 bits per heavy atom. The van der Waals surface area contributed by atoms with E-state index in [-0.39, 0.29) is 12.5 Å². The number of nitriles is 1. The SMILES string of the molecule is N#CCCN(CC(=O)Nc1c(Cl)cc(N)cc1Cl)C1CC1. The second-order valence-electron chi connectivity index (χ2n) is 5.02. The van der Waals surface area contributed by atoms with Crippen LogP contribution in [0.5, 0.6) is 0 Å². The third kappa shape index (κ3) is 4.50. The smallest absolute Gasteiger partial charge is 0.238 e. The lowest BCUT2D eigenvalue weighted by Gasteiger charge is -2.20. The summed E-state index contributed by atoms with van der Waals surface area (Å²) >= 11 is 12.1. The molecule has 112 valence electrons. The summed E-state index contributed by atoms with van der Waals surface area (Å²) in [5.74, 6) is -0.201. The van der Waals surface area contributed by atoms with Crippen molar-refractivity contribution in [1.82, 2.24) is 4.90 Å². The van der Waals surface area contributed by atoms with E-state index in [0.717, 1.165) is 12.8 Å². The average molecular weight is 327 g/mol. The quantitative estimate of drug-likeness (QED) is 0.787. The highest BCUT2D eigenvalue weighted by Crippen LogP contribution is 2.33. The molecule has 1 aromatic rings. The molecule has 7 heteroatoms. The summed E-state index contributed by atoms with van der Waals surface area (Å²) in [4.78, 5) is 14.1. The van der Waals surface area contributed by atoms with Gasteiger partial charge in [-0.1, -0.05) is 23.2 Å². The van der Waals surface area contributed by atoms with Crippen molar-refractivity contribution in [1.29, 1.82) is 5.26 Å². The zero-order chi connectivity index (χ0) is 15.4. The van der Waals surface area contributed by atoms with Crippen LogP contribution in [0, 0.1) is 11.3 Å². The van der Waals surface area contributed by atoms with Crippen molar-refractivity contribution in [3.63, 3.8) is 0 Å². The Bertz CT molecular complexity index is 558. The molecular weight excluding hydrogens is 311 g/mol. The van der Waals surface area contributed by atoms with E-state index in [1.54, 1.807) is 0 Å². The first-order valence-electron chi connectivity index (χ1n) is 6.66. The van der Waals surface area contributed by atoms with Gasteiger partial charge in [0, 0.05) is 24.7 Å². The Labute approximate surface area is 133 Å². The van der Waals surface area contributed by atoms with Gasteiger partial charge in [-0.15, -0.1) is 0 Å². The van der Waals surface area contributed by atoms with Crippen molar-refractivity contribution in [3.05, 3.63) is 22.2 Å². The maximum absolute atomic E-state index is 12.1. The molecule has 0 spiro atoms. The molecule has 1 saturated carbocycles. The van der Waals surface area contributed by atoms with Gasteiger partial charge >= 0.3 is 0 Å². The molecule has 0 saturated heterocycles. The summed E-state index contributed by atoms with van der Waals surface area (Å²) < 4.78 is 0. The highest BCUT2D eigenvalue weighted by molar-refractivity contribution is 6.40. The largest absolute Gasteiger partial charge is 0.399 e. The monoisotopic (exact) mass is 326 g/mol. The van der Waals surface area contributed by atoms with Gasteiger partial charge < -0.3 is 11.1 Å². The van der Waals surface area contributed by atoms with Crippen LogP contribution in [0.25, 0.3) is 0 Å². The van der Waals surface area contributed by atoms with E-state index >= 15 is 0 Å². The van der Waals surface area contributed by atoms with Gasteiger partial charge in [-0.2, -0.15) is 5.26 Å².